The van der Waals surface area contributed by atoms with E-state index < -0.39 is 5.76 Å². The number of thioether (sulfide) groups is 1. The van der Waals surface area contributed by atoms with Crippen molar-refractivity contribution in [2.24, 2.45) is 5.92 Å². The van der Waals surface area contributed by atoms with Crippen molar-refractivity contribution >= 4 is 29.3 Å². The Bertz CT molecular complexity index is 665. The third-order valence-corrected chi connectivity index (χ3v) is 5.48. The predicted molar refractivity (Wildman–Crippen MR) is 112 cm³/mol. The van der Waals surface area contributed by atoms with E-state index in [0.29, 0.717) is 54.4 Å². The first-order valence-electron chi connectivity index (χ1n) is 9.83. The molecule has 29 heavy (non-hydrogen) atoms. The lowest BCUT2D eigenvalue weighted by molar-refractivity contribution is -0.124. The standard InChI is InChI=1S/C20H30F2N4O2S/c1-14(2)12-23-18(27)13-25-8-10-26(11-9-25)15(3)19(28)24-16-4-6-17(7-5-16)29-20(21)22/h4-7,14-15,20H,8-13H2,1-3H3,(H,23,27)(H,24,28)/t15-/m1/s1. The number of piperazine rings is 1. The minimum atomic E-state index is -2.46. The molecule has 2 amide bonds. The zero-order valence-corrected chi connectivity index (χ0v) is 18.0. The first-order valence-corrected chi connectivity index (χ1v) is 10.7. The maximum Gasteiger partial charge on any atom is 0.288 e. The lowest BCUT2D eigenvalue weighted by atomic mass is 10.2. The number of benzene rings is 1. The van der Waals surface area contributed by atoms with E-state index in [4.69, 9.17) is 0 Å². The van der Waals surface area contributed by atoms with Crippen molar-refractivity contribution in [2.45, 2.75) is 37.5 Å². The summed E-state index contributed by atoms with van der Waals surface area (Å²) < 4.78 is 24.7. The summed E-state index contributed by atoms with van der Waals surface area (Å²) in [5.41, 5.74) is 0.584. The van der Waals surface area contributed by atoms with E-state index in [-0.39, 0.29) is 17.9 Å². The van der Waals surface area contributed by atoms with E-state index in [2.05, 4.69) is 34.3 Å². The molecule has 0 aliphatic carbocycles. The molecule has 1 aliphatic rings. The maximum absolute atomic E-state index is 12.5. The second-order valence-corrected chi connectivity index (χ2v) is 8.64. The van der Waals surface area contributed by atoms with Crippen LogP contribution in [0.15, 0.2) is 29.2 Å². The quantitative estimate of drug-likeness (QED) is 0.592. The summed E-state index contributed by atoms with van der Waals surface area (Å²) >= 11 is 0.476. The van der Waals surface area contributed by atoms with Crippen molar-refractivity contribution in [1.82, 2.24) is 15.1 Å². The van der Waals surface area contributed by atoms with E-state index in [0.717, 1.165) is 13.1 Å². The molecule has 0 spiro atoms. The van der Waals surface area contributed by atoms with Crippen LogP contribution in [0.4, 0.5) is 14.5 Å². The van der Waals surface area contributed by atoms with Gasteiger partial charge in [-0.2, -0.15) is 8.78 Å². The van der Waals surface area contributed by atoms with Gasteiger partial charge in [0.1, 0.15) is 0 Å². The van der Waals surface area contributed by atoms with Crippen LogP contribution in [0, 0.1) is 5.92 Å². The van der Waals surface area contributed by atoms with E-state index in [9.17, 15) is 18.4 Å². The van der Waals surface area contributed by atoms with Gasteiger partial charge in [-0.25, -0.2) is 0 Å². The molecule has 1 aromatic carbocycles. The van der Waals surface area contributed by atoms with Crippen molar-refractivity contribution in [1.29, 1.82) is 0 Å². The van der Waals surface area contributed by atoms with Gasteiger partial charge in [-0.3, -0.25) is 19.4 Å². The summed E-state index contributed by atoms with van der Waals surface area (Å²) in [6.07, 6.45) is 0. The molecule has 0 unspecified atom stereocenters. The number of anilines is 1. The van der Waals surface area contributed by atoms with Gasteiger partial charge in [0, 0.05) is 43.3 Å². The zero-order chi connectivity index (χ0) is 21.4. The summed E-state index contributed by atoms with van der Waals surface area (Å²) in [7, 11) is 0. The normalized spacial score (nSPS) is 16.8. The highest BCUT2D eigenvalue weighted by Crippen LogP contribution is 2.26. The first kappa shape index (κ1) is 23.6. The molecule has 0 aromatic heterocycles. The molecular formula is C20H30F2N4O2S. The van der Waals surface area contributed by atoms with E-state index >= 15 is 0 Å². The molecular weight excluding hydrogens is 398 g/mol. The van der Waals surface area contributed by atoms with E-state index in [1.54, 1.807) is 24.3 Å². The Kier molecular flexibility index (Phi) is 9.32. The minimum absolute atomic E-state index is 0.0337. The van der Waals surface area contributed by atoms with Gasteiger partial charge in [0.15, 0.2) is 0 Å². The van der Waals surface area contributed by atoms with Gasteiger partial charge in [-0.05, 0) is 37.1 Å². The number of halogens is 2. The number of alkyl halides is 2. The monoisotopic (exact) mass is 428 g/mol. The molecule has 1 fully saturated rings. The van der Waals surface area contributed by atoms with Crippen molar-refractivity contribution in [3.63, 3.8) is 0 Å². The van der Waals surface area contributed by atoms with Crippen LogP contribution in [0.1, 0.15) is 20.8 Å². The van der Waals surface area contributed by atoms with E-state index in [1.165, 1.54) is 0 Å². The Morgan fingerprint density at radius 3 is 2.24 bits per heavy atom. The SMILES string of the molecule is CC(C)CNC(=O)CN1CCN([C@H](C)C(=O)Nc2ccc(SC(F)F)cc2)CC1. The van der Waals surface area contributed by atoms with Crippen molar-refractivity contribution in [3.05, 3.63) is 24.3 Å². The summed E-state index contributed by atoms with van der Waals surface area (Å²) in [5, 5.41) is 5.76. The van der Waals surface area contributed by atoms with Gasteiger partial charge in [0.05, 0.1) is 12.6 Å². The van der Waals surface area contributed by atoms with Crippen molar-refractivity contribution < 1.29 is 18.4 Å². The average molecular weight is 429 g/mol. The first-order chi connectivity index (χ1) is 13.7. The molecule has 9 heteroatoms. The number of rotatable bonds is 9. The second kappa shape index (κ2) is 11.5. The highest BCUT2D eigenvalue weighted by atomic mass is 32.2. The fraction of sp³-hybridized carbons (Fsp3) is 0.600. The number of carbonyl (C=O) groups excluding carboxylic acids is 2. The number of hydrogen-bond acceptors (Lipinski definition) is 5. The molecule has 0 bridgehead atoms. The molecule has 2 N–H and O–H groups in total. The van der Waals surface area contributed by atoms with Crippen LogP contribution in [0.5, 0.6) is 0 Å². The summed E-state index contributed by atoms with van der Waals surface area (Å²) in [4.78, 5) is 29.1. The Labute approximate surface area is 175 Å². The summed E-state index contributed by atoms with van der Waals surface area (Å²) in [6, 6.07) is 6.08. The van der Waals surface area contributed by atoms with Gasteiger partial charge in [0.25, 0.3) is 5.76 Å². The summed E-state index contributed by atoms with van der Waals surface area (Å²) in [6.45, 7) is 9.89. The lowest BCUT2D eigenvalue weighted by Crippen LogP contribution is -2.54. The molecule has 0 saturated carbocycles. The average Bonchev–Trinajstić information content (AvgIpc) is 2.67. The van der Waals surface area contributed by atoms with Crippen molar-refractivity contribution in [2.75, 3.05) is 44.6 Å². The fourth-order valence-corrected chi connectivity index (χ4v) is 3.52. The van der Waals surface area contributed by atoms with Gasteiger partial charge in [-0.1, -0.05) is 25.6 Å². The van der Waals surface area contributed by atoms with Crippen LogP contribution in [-0.2, 0) is 9.59 Å². The molecule has 6 nitrogen and oxygen atoms in total. The second-order valence-electron chi connectivity index (χ2n) is 7.58. The fourth-order valence-electron chi connectivity index (χ4n) is 3.02. The molecule has 1 aromatic rings. The number of nitrogens with one attached hydrogen (secondary N) is 2. The van der Waals surface area contributed by atoms with Crippen LogP contribution in [0.25, 0.3) is 0 Å². The number of carbonyl (C=O) groups is 2. The van der Waals surface area contributed by atoms with Crippen LogP contribution in [0.2, 0.25) is 0 Å². The molecule has 1 heterocycles. The summed E-state index contributed by atoms with van der Waals surface area (Å²) in [5.74, 6) is -2.14. The van der Waals surface area contributed by atoms with Gasteiger partial charge < -0.3 is 10.6 Å². The van der Waals surface area contributed by atoms with Crippen LogP contribution < -0.4 is 10.6 Å². The Morgan fingerprint density at radius 2 is 1.69 bits per heavy atom. The smallest absolute Gasteiger partial charge is 0.288 e. The molecule has 1 atom stereocenters. The minimum Gasteiger partial charge on any atom is -0.355 e. The Balaban J connectivity index is 1.76. The highest BCUT2D eigenvalue weighted by molar-refractivity contribution is 7.99. The zero-order valence-electron chi connectivity index (χ0n) is 17.2. The lowest BCUT2D eigenvalue weighted by Gasteiger charge is -2.37. The highest BCUT2D eigenvalue weighted by Gasteiger charge is 2.26. The largest absolute Gasteiger partial charge is 0.355 e. The number of nitrogens with zero attached hydrogens (tertiary/aromatic N) is 2. The Morgan fingerprint density at radius 1 is 1.07 bits per heavy atom. The van der Waals surface area contributed by atoms with E-state index in [1.807, 2.05) is 6.92 Å². The third kappa shape index (κ3) is 8.28. The third-order valence-electron chi connectivity index (χ3n) is 4.76. The van der Waals surface area contributed by atoms with Crippen LogP contribution in [0.3, 0.4) is 0 Å². The predicted octanol–water partition coefficient (Wildman–Crippen LogP) is 2.72. The Hall–Kier alpha value is -1.71. The topological polar surface area (TPSA) is 64.7 Å². The molecule has 1 saturated heterocycles. The van der Waals surface area contributed by atoms with Gasteiger partial charge >= 0.3 is 0 Å². The molecule has 0 radical (unpaired) electrons. The van der Waals surface area contributed by atoms with Gasteiger partial charge in [-0.15, -0.1) is 0 Å². The van der Waals surface area contributed by atoms with Crippen molar-refractivity contribution in [3.8, 4) is 0 Å². The van der Waals surface area contributed by atoms with Gasteiger partial charge in [0.2, 0.25) is 11.8 Å². The number of amides is 2. The molecule has 1 aliphatic heterocycles. The van der Waals surface area contributed by atoms with Crippen LogP contribution >= 0.6 is 11.8 Å². The maximum atomic E-state index is 12.5. The molecule has 162 valence electrons. The molecule has 2 rings (SSSR count). The number of hydrogen-bond donors (Lipinski definition) is 2. The van der Waals surface area contributed by atoms with Crippen LogP contribution in [-0.4, -0.2) is 72.7 Å².